The molecule has 2 N–H and O–H groups in total. The average Bonchev–Trinajstić information content (AvgIpc) is 2.80. The van der Waals surface area contributed by atoms with Crippen LogP contribution in [0.15, 0.2) is 18.5 Å². The monoisotopic (exact) mass is 253 g/mol. The van der Waals surface area contributed by atoms with E-state index in [1.54, 1.807) is 0 Å². The van der Waals surface area contributed by atoms with Crippen molar-refractivity contribution in [2.75, 3.05) is 39.3 Å². The van der Waals surface area contributed by atoms with E-state index in [1.807, 2.05) is 23.1 Å². The van der Waals surface area contributed by atoms with Gasteiger partial charge in [-0.05, 0) is 6.07 Å². The van der Waals surface area contributed by atoms with Crippen LogP contribution in [-0.4, -0.2) is 63.8 Å². The Morgan fingerprint density at radius 3 is 2.47 bits per heavy atom. The zero-order valence-corrected chi connectivity index (χ0v) is 10.8. The Morgan fingerprint density at radius 2 is 1.88 bits per heavy atom. The molecule has 2 heterocycles. The molecule has 2 rings (SSSR count). The maximum absolute atomic E-state index is 5.55. The number of nitrogens with zero attached hydrogens (tertiary/aromatic N) is 4. The van der Waals surface area contributed by atoms with Gasteiger partial charge in [-0.1, -0.05) is 12.2 Å². The van der Waals surface area contributed by atoms with Crippen LogP contribution >= 0.6 is 12.2 Å². The summed E-state index contributed by atoms with van der Waals surface area (Å²) in [6.07, 6.45) is 3.82. The van der Waals surface area contributed by atoms with Gasteiger partial charge in [-0.25, -0.2) is 0 Å². The number of hydrogen-bond acceptors (Lipinski definition) is 4. The summed E-state index contributed by atoms with van der Waals surface area (Å²) in [5, 5.41) is 4.20. The van der Waals surface area contributed by atoms with Crippen LogP contribution in [0.5, 0.6) is 0 Å². The molecule has 94 valence electrons. The van der Waals surface area contributed by atoms with Crippen LogP contribution in [-0.2, 0) is 6.54 Å². The summed E-state index contributed by atoms with van der Waals surface area (Å²) in [6.45, 7) is 7.05. The molecule has 6 heteroatoms. The van der Waals surface area contributed by atoms with Crippen molar-refractivity contribution in [1.82, 2.24) is 19.6 Å². The van der Waals surface area contributed by atoms with Crippen LogP contribution < -0.4 is 5.73 Å². The third kappa shape index (κ3) is 4.07. The maximum atomic E-state index is 5.55. The minimum atomic E-state index is 0.593. The van der Waals surface area contributed by atoms with Crippen LogP contribution in [0, 0.1) is 0 Å². The van der Waals surface area contributed by atoms with Crippen LogP contribution in [0.1, 0.15) is 0 Å². The Hall–Kier alpha value is -0.980. The summed E-state index contributed by atoms with van der Waals surface area (Å²) < 4.78 is 1.97. The summed E-state index contributed by atoms with van der Waals surface area (Å²) in [4.78, 5) is 5.36. The second kappa shape index (κ2) is 6.09. The summed E-state index contributed by atoms with van der Waals surface area (Å²) in [7, 11) is 0. The molecule has 1 aliphatic rings. The summed E-state index contributed by atoms with van der Waals surface area (Å²) >= 11 is 4.92. The normalized spacial score (nSPS) is 18.4. The first-order valence-corrected chi connectivity index (χ1v) is 6.35. The molecular weight excluding hydrogens is 234 g/mol. The molecule has 0 radical (unpaired) electrons. The molecule has 1 saturated heterocycles. The second-order valence-electron chi connectivity index (χ2n) is 4.35. The lowest BCUT2D eigenvalue weighted by Crippen LogP contribution is -2.49. The van der Waals surface area contributed by atoms with Gasteiger partial charge in [0.1, 0.15) is 0 Å². The van der Waals surface area contributed by atoms with Crippen molar-refractivity contribution >= 4 is 17.2 Å². The zero-order chi connectivity index (χ0) is 12.1. The molecule has 0 saturated carbocycles. The highest BCUT2D eigenvalue weighted by molar-refractivity contribution is 7.80. The van der Waals surface area contributed by atoms with E-state index in [2.05, 4.69) is 14.9 Å². The minimum Gasteiger partial charge on any atom is -0.392 e. The number of aromatic nitrogens is 2. The van der Waals surface area contributed by atoms with Crippen LogP contribution in [0.2, 0.25) is 0 Å². The van der Waals surface area contributed by atoms with Gasteiger partial charge in [0.2, 0.25) is 0 Å². The number of rotatable bonds is 5. The highest BCUT2D eigenvalue weighted by Gasteiger charge is 2.16. The highest BCUT2D eigenvalue weighted by atomic mass is 32.1. The van der Waals surface area contributed by atoms with Gasteiger partial charge in [-0.3, -0.25) is 14.5 Å². The fraction of sp³-hybridized carbons (Fsp3) is 0.636. The highest BCUT2D eigenvalue weighted by Crippen LogP contribution is 2.01. The Bertz CT molecular complexity index is 343. The van der Waals surface area contributed by atoms with Gasteiger partial charge >= 0.3 is 0 Å². The predicted octanol–water partition coefficient (Wildman–Crippen LogP) is -0.213. The van der Waals surface area contributed by atoms with Gasteiger partial charge in [0.25, 0.3) is 0 Å². The van der Waals surface area contributed by atoms with Crippen molar-refractivity contribution in [3.8, 4) is 0 Å². The zero-order valence-electron chi connectivity index (χ0n) is 9.96. The molecule has 1 fully saturated rings. The lowest BCUT2D eigenvalue weighted by molar-refractivity contribution is 0.141. The topological polar surface area (TPSA) is 50.3 Å². The molecule has 0 atom stereocenters. The first kappa shape index (κ1) is 12.5. The molecule has 0 bridgehead atoms. The fourth-order valence-corrected chi connectivity index (χ4v) is 2.25. The minimum absolute atomic E-state index is 0.593. The lowest BCUT2D eigenvalue weighted by Gasteiger charge is -2.34. The summed E-state index contributed by atoms with van der Waals surface area (Å²) in [5.74, 6) is 0. The summed E-state index contributed by atoms with van der Waals surface area (Å²) in [6, 6.07) is 1.96. The van der Waals surface area contributed by atoms with Crippen molar-refractivity contribution in [2.24, 2.45) is 5.73 Å². The fourth-order valence-electron chi connectivity index (χ4n) is 2.07. The third-order valence-electron chi connectivity index (χ3n) is 3.05. The van der Waals surface area contributed by atoms with Gasteiger partial charge in [0, 0.05) is 51.7 Å². The Kier molecular flexibility index (Phi) is 4.47. The Balaban J connectivity index is 1.67. The van der Waals surface area contributed by atoms with Gasteiger partial charge < -0.3 is 5.73 Å². The molecule has 1 aliphatic heterocycles. The Labute approximate surface area is 107 Å². The molecule has 0 aliphatic carbocycles. The molecule has 1 aromatic rings. The van der Waals surface area contributed by atoms with E-state index in [9.17, 15) is 0 Å². The van der Waals surface area contributed by atoms with Crippen LogP contribution in [0.25, 0.3) is 0 Å². The summed E-state index contributed by atoms with van der Waals surface area (Å²) in [5.41, 5.74) is 5.55. The number of thiocarbonyl (C=S) groups is 1. The van der Waals surface area contributed by atoms with Crippen molar-refractivity contribution < 1.29 is 0 Å². The van der Waals surface area contributed by atoms with E-state index in [4.69, 9.17) is 18.0 Å². The van der Waals surface area contributed by atoms with Crippen molar-refractivity contribution in [1.29, 1.82) is 0 Å². The van der Waals surface area contributed by atoms with Crippen LogP contribution in [0.3, 0.4) is 0 Å². The molecule has 1 aromatic heterocycles. The maximum Gasteiger partial charge on any atom is 0.0870 e. The number of nitrogens with two attached hydrogens (primary N) is 1. The van der Waals surface area contributed by atoms with E-state index in [0.29, 0.717) is 4.99 Å². The first-order valence-electron chi connectivity index (χ1n) is 5.94. The molecule has 0 aromatic carbocycles. The molecule has 0 spiro atoms. The van der Waals surface area contributed by atoms with Crippen molar-refractivity contribution in [2.45, 2.75) is 6.54 Å². The van der Waals surface area contributed by atoms with Gasteiger partial charge in [0.05, 0.1) is 11.5 Å². The number of piperazine rings is 1. The van der Waals surface area contributed by atoms with Crippen molar-refractivity contribution in [3.05, 3.63) is 18.5 Å². The first-order chi connectivity index (χ1) is 8.24. The largest absolute Gasteiger partial charge is 0.392 e. The van der Waals surface area contributed by atoms with Crippen LogP contribution in [0.4, 0.5) is 0 Å². The van der Waals surface area contributed by atoms with Gasteiger partial charge in [-0.15, -0.1) is 0 Å². The van der Waals surface area contributed by atoms with E-state index in [-0.39, 0.29) is 0 Å². The number of hydrogen-bond donors (Lipinski definition) is 1. The van der Waals surface area contributed by atoms with E-state index >= 15 is 0 Å². The standard InChI is InChI=1S/C11H19N5S/c12-11(17)10-15-6-4-14(5-7-15)8-9-16-3-1-2-13-16/h1-3H,4-10H2,(H2,12,17). The van der Waals surface area contributed by atoms with Gasteiger partial charge in [0.15, 0.2) is 0 Å². The molecule has 0 amide bonds. The molecule has 0 unspecified atom stereocenters. The van der Waals surface area contributed by atoms with Crippen molar-refractivity contribution in [3.63, 3.8) is 0 Å². The smallest absolute Gasteiger partial charge is 0.0870 e. The molecule has 5 nitrogen and oxygen atoms in total. The third-order valence-corrected chi connectivity index (χ3v) is 3.18. The average molecular weight is 253 g/mol. The lowest BCUT2D eigenvalue weighted by atomic mass is 10.3. The predicted molar refractivity (Wildman–Crippen MR) is 71.9 cm³/mol. The quantitative estimate of drug-likeness (QED) is 0.736. The molecular formula is C11H19N5S. The van der Waals surface area contributed by atoms with Gasteiger partial charge in [-0.2, -0.15) is 5.10 Å². The second-order valence-corrected chi connectivity index (χ2v) is 4.88. The van der Waals surface area contributed by atoms with E-state index in [0.717, 1.165) is 45.8 Å². The SMILES string of the molecule is NC(=S)CN1CCN(CCn2cccn2)CC1. The molecule has 17 heavy (non-hydrogen) atoms. The van der Waals surface area contributed by atoms with E-state index in [1.165, 1.54) is 0 Å². The Morgan fingerprint density at radius 1 is 1.18 bits per heavy atom. The van der Waals surface area contributed by atoms with E-state index < -0.39 is 0 Å².